The first-order valence-corrected chi connectivity index (χ1v) is 9.62. The van der Waals surface area contributed by atoms with Gasteiger partial charge < -0.3 is 14.8 Å². The number of fused-ring (bicyclic) bond motifs is 1. The Bertz CT molecular complexity index is 1110. The smallest absolute Gasteiger partial charge is 0.240 e. The first-order chi connectivity index (χ1) is 12.9. The maximum Gasteiger partial charge on any atom is 0.240 e. The molecule has 0 fully saturated rings. The molecule has 27 heavy (non-hydrogen) atoms. The minimum atomic E-state index is -3.62. The fourth-order valence-electron chi connectivity index (χ4n) is 2.52. The Hall–Kier alpha value is -2.62. The Kier molecular flexibility index (Phi) is 5.36. The third-order valence-electron chi connectivity index (χ3n) is 3.90. The average Bonchev–Trinajstić information content (AvgIpc) is 2.68. The van der Waals surface area contributed by atoms with Gasteiger partial charge in [0.1, 0.15) is 23.6 Å². The highest BCUT2D eigenvalue weighted by Gasteiger charge is 2.16. The maximum atomic E-state index is 12.1. The summed E-state index contributed by atoms with van der Waals surface area (Å²) in [4.78, 5) is 8.57. The molecular formula is C17H17ClN4O4S. The van der Waals surface area contributed by atoms with Gasteiger partial charge in [0, 0.05) is 12.1 Å². The number of anilines is 2. The van der Waals surface area contributed by atoms with Gasteiger partial charge in [-0.3, -0.25) is 0 Å². The van der Waals surface area contributed by atoms with Crippen LogP contribution in [0.1, 0.15) is 0 Å². The number of hydrogen-bond acceptors (Lipinski definition) is 7. The predicted octanol–water partition coefficient (Wildman–Crippen LogP) is 2.95. The minimum Gasteiger partial charge on any atom is -0.497 e. The molecule has 1 heterocycles. The quantitative estimate of drug-likeness (QED) is 0.646. The van der Waals surface area contributed by atoms with Gasteiger partial charge in [-0.2, -0.15) is 0 Å². The highest BCUT2D eigenvalue weighted by atomic mass is 35.5. The lowest BCUT2D eigenvalue weighted by atomic mass is 10.2. The lowest BCUT2D eigenvalue weighted by molar-refractivity contribution is 0.398. The minimum absolute atomic E-state index is 0.0731. The normalized spacial score (nSPS) is 11.4. The Balaban J connectivity index is 2.14. The van der Waals surface area contributed by atoms with Crippen LogP contribution in [-0.2, 0) is 10.0 Å². The molecule has 0 saturated carbocycles. The summed E-state index contributed by atoms with van der Waals surface area (Å²) >= 11 is 6.24. The molecule has 2 aromatic carbocycles. The Labute approximate surface area is 161 Å². The number of sulfonamides is 1. The van der Waals surface area contributed by atoms with E-state index in [1.165, 1.54) is 38.7 Å². The van der Waals surface area contributed by atoms with Crippen molar-refractivity contribution in [3.8, 4) is 11.5 Å². The Morgan fingerprint density at radius 1 is 1.07 bits per heavy atom. The van der Waals surface area contributed by atoms with Crippen molar-refractivity contribution in [2.75, 3.05) is 26.6 Å². The van der Waals surface area contributed by atoms with Crippen LogP contribution in [0.2, 0.25) is 5.02 Å². The molecule has 0 spiro atoms. The van der Waals surface area contributed by atoms with Crippen molar-refractivity contribution in [1.29, 1.82) is 0 Å². The van der Waals surface area contributed by atoms with Gasteiger partial charge in [0.25, 0.3) is 0 Å². The van der Waals surface area contributed by atoms with Gasteiger partial charge in [0.05, 0.1) is 40.7 Å². The lowest BCUT2D eigenvalue weighted by Gasteiger charge is -2.14. The van der Waals surface area contributed by atoms with Crippen LogP contribution in [0, 0.1) is 0 Å². The van der Waals surface area contributed by atoms with E-state index in [4.69, 9.17) is 21.1 Å². The van der Waals surface area contributed by atoms with E-state index in [0.29, 0.717) is 38.9 Å². The van der Waals surface area contributed by atoms with Crippen molar-refractivity contribution in [3.05, 3.63) is 41.7 Å². The second-order valence-electron chi connectivity index (χ2n) is 5.42. The highest BCUT2D eigenvalue weighted by molar-refractivity contribution is 7.89. The Morgan fingerprint density at radius 3 is 2.52 bits per heavy atom. The molecule has 1 aromatic heterocycles. The predicted molar refractivity (Wildman–Crippen MR) is 104 cm³/mol. The molecule has 10 heteroatoms. The average molecular weight is 409 g/mol. The van der Waals surface area contributed by atoms with Crippen LogP contribution in [-0.4, -0.2) is 39.7 Å². The summed E-state index contributed by atoms with van der Waals surface area (Å²) < 4.78 is 37.1. The number of nitrogens with zero attached hydrogens (tertiary/aromatic N) is 2. The molecule has 0 aliphatic carbocycles. The maximum absolute atomic E-state index is 12.1. The van der Waals surface area contributed by atoms with E-state index in [2.05, 4.69) is 20.0 Å². The topological polar surface area (TPSA) is 102 Å². The standard InChI is InChI=1S/C17H17ClN4O4S/c1-19-27(23,24)11-4-5-12(18)13(8-11)22-17-16-14(20-9-21-17)6-10(25-2)7-15(16)26-3/h4-9,19H,1-3H3,(H,20,21,22). The third-order valence-corrected chi connectivity index (χ3v) is 5.64. The molecule has 0 atom stereocenters. The molecule has 0 saturated heterocycles. The van der Waals surface area contributed by atoms with Crippen molar-refractivity contribution < 1.29 is 17.9 Å². The molecule has 0 radical (unpaired) electrons. The lowest BCUT2D eigenvalue weighted by Crippen LogP contribution is -2.18. The zero-order chi connectivity index (χ0) is 19.6. The zero-order valence-electron chi connectivity index (χ0n) is 14.8. The number of ether oxygens (including phenoxy) is 2. The number of rotatable bonds is 6. The number of aromatic nitrogens is 2. The van der Waals surface area contributed by atoms with E-state index in [-0.39, 0.29) is 4.90 Å². The van der Waals surface area contributed by atoms with Crippen LogP contribution in [0.25, 0.3) is 10.9 Å². The molecule has 0 aliphatic heterocycles. The molecule has 0 aliphatic rings. The molecule has 0 bridgehead atoms. The van der Waals surface area contributed by atoms with Gasteiger partial charge in [-0.15, -0.1) is 0 Å². The largest absolute Gasteiger partial charge is 0.497 e. The van der Waals surface area contributed by atoms with Gasteiger partial charge in [-0.1, -0.05) is 11.6 Å². The van der Waals surface area contributed by atoms with E-state index in [9.17, 15) is 8.42 Å². The zero-order valence-corrected chi connectivity index (χ0v) is 16.4. The molecular weight excluding hydrogens is 392 g/mol. The SMILES string of the molecule is CNS(=O)(=O)c1ccc(Cl)c(Nc2ncnc3cc(OC)cc(OC)c23)c1. The van der Waals surface area contributed by atoms with Crippen LogP contribution < -0.4 is 19.5 Å². The number of hydrogen-bond donors (Lipinski definition) is 2. The van der Waals surface area contributed by atoms with E-state index in [0.717, 1.165) is 0 Å². The summed E-state index contributed by atoms with van der Waals surface area (Å²) in [6.07, 6.45) is 1.38. The molecule has 3 aromatic rings. The fourth-order valence-corrected chi connectivity index (χ4v) is 3.44. The fraction of sp³-hybridized carbons (Fsp3) is 0.176. The number of methoxy groups -OCH3 is 2. The van der Waals surface area contributed by atoms with E-state index >= 15 is 0 Å². The number of benzene rings is 2. The highest BCUT2D eigenvalue weighted by Crippen LogP contribution is 2.36. The van der Waals surface area contributed by atoms with E-state index in [1.54, 1.807) is 19.2 Å². The third kappa shape index (κ3) is 3.75. The van der Waals surface area contributed by atoms with Crippen LogP contribution in [0.5, 0.6) is 11.5 Å². The second kappa shape index (κ2) is 7.55. The van der Waals surface area contributed by atoms with Gasteiger partial charge in [0.2, 0.25) is 10.0 Å². The monoisotopic (exact) mass is 408 g/mol. The van der Waals surface area contributed by atoms with Crippen molar-refractivity contribution in [3.63, 3.8) is 0 Å². The van der Waals surface area contributed by atoms with Crippen LogP contribution in [0.15, 0.2) is 41.6 Å². The molecule has 2 N–H and O–H groups in total. The first-order valence-electron chi connectivity index (χ1n) is 7.76. The molecule has 142 valence electrons. The summed E-state index contributed by atoms with van der Waals surface area (Å²) in [7, 11) is 0.800. The first kappa shape index (κ1) is 19.2. The Morgan fingerprint density at radius 2 is 1.85 bits per heavy atom. The summed E-state index contributed by atoms with van der Waals surface area (Å²) in [5, 5.41) is 4.02. The molecule has 8 nitrogen and oxygen atoms in total. The van der Waals surface area contributed by atoms with Crippen molar-refractivity contribution in [2.24, 2.45) is 0 Å². The molecule has 0 amide bonds. The van der Waals surface area contributed by atoms with Crippen molar-refractivity contribution in [2.45, 2.75) is 4.90 Å². The van der Waals surface area contributed by atoms with Crippen molar-refractivity contribution >= 4 is 44.0 Å². The second-order valence-corrected chi connectivity index (χ2v) is 7.71. The van der Waals surface area contributed by atoms with E-state index in [1.807, 2.05) is 0 Å². The van der Waals surface area contributed by atoms with Gasteiger partial charge in [-0.05, 0) is 25.2 Å². The van der Waals surface area contributed by atoms with Gasteiger partial charge in [0.15, 0.2) is 0 Å². The van der Waals surface area contributed by atoms with Crippen LogP contribution in [0.3, 0.4) is 0 Å². The molecule has 3 rings (SSSR count). The summed E-state index contributed by atoms with van der Waals surface area (Å²) in [5.41, 5.74) is 0.977. The number of halogens is 1. The van der Waals surface area contributed by atoms with Gasteiger partial charge >= 0.3 is 0 Å². The molecule has 0 unspecified atom stereocenters. The van der Waals surface area contributed by atoms with Crippen LogP contribution in [0.4, 0.5) is 11.5 Å². The summed E-state index contributed by atoms with van der Waals surface area (Å²) in [6.45, 7) is 0. The number of nitrogens with one attached hydrogen (secondary N) is 2. The van der Waals surface area contributed by atoms with Crippen molar-refractivity contribution in [1.82, 2.24) is 14.7 Å². The van der Waals surface area contributed by atoms with E-state index < -0.39 is 10.0 Å². The van der Waals surface area contributed by atoms with Gasteiger partial charge in [-0.25, -0.2) is 23.1 Å². The summed E-state index contributed by atoms with van der Waals surface area (Å²) in [6, 6.07) is 7.80. The van der Waals surface area contributed by atoms with Crippen LogP contribution >= 0.6 is 11.6 Å². The summed E-state index contributed by atoms with van der Waals surface area (Å²) in [5.74, 6) is 1.51.